The minimum absolute atomic E-state index is 0.183. The van der Waals surface area contributed by atoms with Crippen molar-refractivity contribution in [1.29, 1.82) is 0 Å². The highest BCUT2D eigenvalue weighted by atomic mass is 79.9. The van der Waals surface area contributed by atoms with E-state index >= 15 is 0 Å². The second-order valence-electron chi connectivity index (χ2n) is 5.41. The normalized spacial score (nSPS) is 11.4. The van der Waals surface area contributed by atoms with E-state index in [1.807, 2.05) is 32.9 Å². The molecule has 1 rings (SSSR count). The van der Waals surface area contributed by atoms with Gasteiger partial charge in [0, 0.05) is 15.9 Å². The van der Waals surface area contributed by atoms with E-state index in [4.69, 9.17) is 4.74 Å². The summed E-state index contributed by atoms with van der Waals surface area (Å²) in [5.74, 6) is 0.143. The van der Waals surface area contributed by atoms with Crippen LogP contribution < -0.4 is 5.32 Å². The summed E-state index contributed by atoms with van der Waals surface area (Å²) in [5, 5.41) is 3.31. The van der Waals surface area contributed by atoms with Crippen molar-refractivity contribution in [2.24, 2.45) is 0 Å². The molecule has 0 aromatic heterocycles. The number of ether oxygens (including phenoxy) is 1. The number of hydrogen-bond acceptors (Lipinski definition) is 4. The van der Waals surface area contributed by atoms with Gasteiger partial charge in [-0.15, -0.1) is 11.8 Å². The Morgan fingerprint density at radius 2 is 2.10 bits per heavy atom. The maximum Gasteiger partial charge on any atom is 0.316 e. The van der Waals surface area contributed by atoms with Gasteiger partial charge in [0.2, 0.25) is 0 Å². The molecule has 0 saturated heterocycles. The Labute approximate surface area is 134 Å². The van der Waals surface area contributed by atoms with Crippen molar-refractivity contribution in [2.75, 3.05) is 12.3 Å². The fourth-order valence-corrected chi connectivity index (χ4v) is 2.96. The zero-order chi connectivity index (χ0) is 15.2. The number of rotatable bonds is 6. The average molecular weight is 360 g/mol. The van der Waals surface area contributed by atoms with Crippen LogP contribution in [-0.4, -0.2) is 23.9 Å². The van der Waals surface area contributed by atoms with Crippen molar-refractivity contribution in [1.82, 2.24) is 5.32 Å². The molecule has 112 valence electrons. The number of halogens is 1. The fourth-order valence-electron chi connectivity index (χ4n) is 1.58. The van der Waals surface area contributed by atoms with Gasteiger partial charge < -0.3 is 10.1 Å². The van der Waals surface area contributed by atoms with Gasteiger partial charge in [0.15, 0.2) is 0 Å². The van der Waals surface area contributed by atoms with Crippen LogP contribution in [0, 0.1) is 0 Å². The first-order valence-corrected chi connectivity index (χ1v) is 8.43. The molecule has 0 heterocycles. The lowest BCUT2D eigenvalue weighted by Crippen LogP contribution is -2.25. The Morgan fingerprint density at radius 1 is 1.40 bits per heavy atom. The van der Waals surface area contributed by atoms with E-state index in [-0.39, 0.29) is 5.97 Å². The predicted molar refractivity (Wildman–Crippen MR) is 88.1 cm³/mol. The Morgan fingerprint density at radius 3 is 2.70 bits per heavy atom. The van der Waals surface area contributed by atoms with Crippen LogP contribution in [0.4, 0.5) is 0 Å². The van der Waals surface area contributed by atoms with Gasteiger partial charge in [-0.3, -0.25) is 4.79 Å². The standard InChI is InChI=1S/C15H22BrNO2S/c1-5-17-9-11-6-7-12(16)8-13(11)20-10-14(18)19-15(2,3)4/h6-8,17H,5,9-10H2,1-4H3. The van der Waals surface area contributed by atoms with E-state index in [1.165, 1.54) is 17.3 Å². The van der Waals surface area contributed by atoms with Crippen LogP contribution in [-0.2, 0) is 16.1 Å². The Bertz CT molecular complexity index is 458. The van der Waals surface area contributed by atoms with Crippen LogP contribution in [0.5, 0.6) is 0 Å². The lowest BCUT2D eigenvalue weighted by molar-refractivity contribution is -0.151. The maximum atomic E-state index is 11.8. The monoisotopic (exact) mass is 359 g/mol. The van der Waals surface area contributed by atoms with E-state index in [0.29, 0.717) is 5.75 Å². The third kappa shape index (κ3) is 6.77. The summed E-state index contributed by atoms with van der Waals surface area (Å²) in [6.45, 7) is 9.45. The van der Waals surface area contributed by atoms with E-state index in [1.54, 1.807) is 0 Å². The summed E-state index contributed by atoms with van der Waals surface area (Å²) in [7, 11) is 0. The zero-order valence-corrected chi connectivity index (χ0v) is 14.9. The summed E-state index contributed by atoms with van der Waals surface area (Å²) < 4.78 is 6.34. The molecule has 3 nitrogen and oxygen atoms in total. The molecule has 20 heavy (non-hydrogen) atoms. The van der Waals surface area contributed by atoms with E-state index < -0.39 is 5.60 Å². The quantitative estimate of drug-likeness (QED) is 0.615. The Kier molecular flexibility index (Phi) is 7.06. The molecule has 0 spiro atoms. The van der Waals surface area contributed by atoms with Gasteiger partial charge in [-0.2, -0.15) is 0 Å². The Hall–Kier alpha value is -0.520. The van der Waals surface area contributed by atoms with E-state index in [9.17, 15) is 4.79 Å². The number of thioether (sulfide) groups is 1. The third-order valence-electron chi connectivity index (χ3n) is 2.36. The average Bonchev–Trinajstić information content (AvgIpc) is 2.33. The number of benzene rings is 1. The zero-order valence-electron chi connectivity index (χ0n) is 12.5. The SMILES string of the molecule is CCNCc1ccc(Br)cc1SCC(=O)OC(C)(C)C. The summed E-state index contributed by atoms with van der Waals surface area (Å²) in [5.41, 5.74) is 0.769. The largest absolute Gasteiger partial charge is 0.459 e. The molecule has 0 aliphatic heterocycles. The second-order valence-corrected chi connectivity index (χ2v) is 7.34. The lowest BCUT2D eigenvalue weighted by Gasteiger charge is -2.19. The summed E-state index contributed by atoms with van der Waals surface area (Å²) in [4.78, 5) is 12.9. The second kappa shape index (κ2) is 8.05. The van der Waals surface area contributed by atoms with Crippen LogP contribution >= 0.6 is 27.7 Å². The number of nitrogens with one attached hydrogen (secondary N) is 1. The van der Waals surface area contributed by atoms with Crippen molar-refractivity contribution in [2.45, 2.75) is 44.7 Å². The van der Waals surface area contributed by atoms with E-state index in [0.717, 1.165) is 22.5 Å². The number of hydrogen-bond donors (Lipinski definition) is 1. The molecule has 1 aromatic rings. The van der Waals surface area contributed by atoms with Crippen molar-refractivity contribution in [3.63, 3.8) is 0 Å². The van der Waals surface area contributed by atoms with Crippen LogP contribution in [0.2, 0.25) is 0 Å². The molecule has 5 heteroatoms. The molecule has 0 saturated carbocycles. The lowest BCUT2D eigenvalue weighted by atomic mass is 10.2. The number of carbonyl (C=O) groups excluding carboxylic acids is 1. The van der Waals surface area contributed by atoms with Crippen LogP contribution in [0.15, 0.2) is 27.6 Å². The van der Waals surface area contributed by atoms with Crippen LogP contribution in [0.3, 0.4) is 0 Å². The smallest absolute Gasteiger partial charge is 0.316 e. The molecule has 0 aliphatic carbocycles. The van der Waals surface area contributed by atoms with E-state index in [2.05, 4.69) is 34.2 Å². The number of carbonyl (C=O) groups is 1. The highest BCUT2D eigenvalue weighted by Crippen LogP contribution is 2.27. The first kappa shape index (κ1) is 17.5. The van der Waals surface area contributed by atoms with Crippen molar-refractivity contribution < 1.29 is 9.53 Å². The van der Waals surface area contributed by atoms with Crippen LogP contribution in [0.25, 0.3) is 0 Å². The molecule has 0 fully saturated rings. The van der Waals surface area contributed by atoms with Crippen LogP contribution in [0.1, 0.15) is 33.3 Å². The minimum Gasteiger partial charge on any atom is -0.459 e. The summed E-state index contributed by atoms with van der Waals surface area (Å²) in [6.07, 6.45) is 0. The summed E-state index contributed by atoms with van der Waals surface area (Å²) in [6, 6.07) is 6.14. The first-order valence-electron chi connectivity index (χ1n) is 6.65. The molecule has 1 aromatic carbocycles. The van der Waals surface area contributed by atoms with Gasteiger partial charge in [-0.1, -0.05) is 28.9 Å². The molecule has 1 N–H and O–H groups in total. The van der Waals surface area contributed by atoms with Gasteiger partial charge in [0.05, 0.1) is 5.75 Å². The molecular formula is C15H22BrNO2S. The maximum absolute atomic E-state index is 11.8. The highest BCUT2D eigenvalue weighted by Gasteiger charge is 2.16. The molecule has 0 radical (unpaired) electrons. The topological polar surface area (TPSA) is 38.3 Å². The fraction of sp³-hybridized carbons (Fsp3) is 0.533. The third-order valence-corrected chi connectivity index (χ3v) is 3.92. The first-order chi connectivity index (χ1) is 9.31. The highest BCUT2D eigenvalue weighted by molar-refractivity contribution is 9.10. The van der Waals surface area contributed by atoms with Gasteiger partial charge >= 0.3 is 5.97 Å². The van der Waals surface area contributed by atoms with Gasteiger partial charge in [0.1, 0.15) is 5.60 Å². The molecule has 0 unspecified atom stereocenters. The molecular weight excluding hydrogens is 338 g/mol. The van der Waals surface area contributed by atoms with Gasteiger partial charge in [0.25, 0.3) is 0 Å². The van der Waals surface area contributed by atoms with Crippen molar-refractivity contribution in [3.05, 3.63) is 28.2 Å². The van der Waals surface area contributed by atoms with Crippen molar-refractivity contribution in [3.8, 4) is 0 Å². The van der Waals surface area contributed by atoms with Gasteiger partial charge in [-0.05, 0) is 45.0 Å². The Balaban J connectivity index is 2.66. The van der Waals surface area contributed by atoms with Crippen molar-refractivity contribution >= 4 is 33.7 Å². The molecule has 0 amide bonds. The molecule has 0 bridgehead atoms. The summed E-state index contributed by atoms with van der Waals surface area (Å²) >= 11 is 4.99. The van der Waals surface area contributed by atoms with Gasteiger partial charge in [-0.25, -0.2) is 0 Å². The molecule has 0 aliphatic rings. The molecule has 0 atom stereocenters. The number of esters is 1. The predicted octanol–water partition coefficient (Wildman–Crippen LogP) is 3.99. The minimum atomic E-state index is -0.429.